The van der Waals surface area contributed by atoms with E-state index in [0.29, 0.717) is 6.17 Å². The lowest BCUT2D eigenvalue weighted by atomic mass is 10.1. The number of rotatable bonds is 10. The predicted octanol–water partition coefficient (Wildman–Crippen LogP) is 4.97. The SMILES string of the molecule is CCCCCCCCN1C(CC)=CN(CC)C1CC. The van der Waals surface area contributed by atoms with Crippen molar-refractivity contribution in [2.45, 2.75) is 85.2 Å². The largest absolute Gasteiger partial charge is 0.356 e. The zero-order valence-electron chi connectivity index (χ0n) is 13.6. The quantitative estimate of drug-likeness (QED) is 0.515. The summed E-state index contributed by atoms with van der Waals surface area (Å²) in [6.07, 6.45) is 13.8. The van der Waals surface area contributed by atoms with Gasteiger partial charge in [-0.25, -0.2) is 0 Å². The van der Waals surface area contributed by atoms with Crippen LogP contribution in [0.1, 0.15) is 79.1 Å². The Kier molecular flexibility index (Phi) is 8.00. The molecule has 0 bridgehead atoms. The van der Waals surface area contributed by atoms with Crippen molar-refractivity contribution in [3.63, 3.8) is 0 Å². The first-order valence-electron chi connectivity index (χ1n) is 8.51. The van der Waals surface area contributed by atoms with Crippen molar-refractivity contribution in [1.29, 1.82) is 0 Å². The van der Waals surface area contributed by atoms with Crippen LogP contribution in [0, 0.1) is 0 Å². The van der Waals surface area contributed by atoms with Crippen molar-refractivity contribution < 1.29 is 0 Å². The van der Waals surface area contributed by atoms with Crippen molar-refractivity contribution in [3.8, 4) is 0 Å². The maximum Gasteiger partial charge on any atom is 0.101 e. The lowest BCUT2D eigenvalue weighted by Crippen LogP contribution is -2.39. The molecule has 0 N–H and O–H groups in total. The van der Waals surface area contributed by atoms with Crippen molar-refractivity contribution >= 4 is 0 Å². The summed E-state index contributed by atoms with van der Waals surface area (Å²) in [6.45, 7) is 11.5. The van der Waals surface area contributed by atoms with Crippen LogP contribution >= 0.6 is 0 Å². The normalized spacial score (nSPS) is 19.2. The smallest absolute Gasteiger partial charge is 0.101 e. The van der Waals surface area contributed by atoms with Gasteiger partial charge in [0, 0.05) is 25.0 Å². The molecule has 0 saturated heterocycles. The third kappa shape index (κ3) is 4.74. The van der Waals surface area contributed by atoms with Gasteiger partial charge in [0.2, 0.25) is 0 Å². The molecule has 0 aromatic heterocycles. The van der Waals surface area contributed by atoms with Gasteiger partial charge >= 0.3 is 0 Å². The van der Waals surface area contributed by atoms with Gasteiger partial charge in [-0.1, -0.05) is 52.9 Å². The van der Waals surface area contributed by atoms with Crippen LogP contribution in [0.2, 0.25) is 0 Å². The van der Waals surface area contributed by atoms with Crippen LogP contribution in [0.25, 0.3) is 0 Å². The zero-order chi connectivity index (χ0) is 14.1. The van der Waals surface area contributed by atoms with Crippen LogP contribution in [-0.4, -0.2) is 29.1 Å². The first-order valence-corrected chi connectivity index (χ1v) is 8.51. The van der Waals surface area contributed by atoms with E-state index in [1.54, 1.807) is 5.70 Å². The maximum atomic E-state index is 2.66. The van der Waals surface area contributed by atoms with Gasteiger partial charge in [-0.3, -0.25) is 0 Å². The third-order valence-electron chi connectivity index (χ3n) is 4.27. The van der Waals surface area contributed by atoms with Gasteiger partial charge in [0.15, 0.2) is 0 Å². The van der Waals surface area contributed by atoms with Crippen LogP contribution in [0.15, 0.2) is 11.9 Å². The summed E-state index contributed by atoms with van der Waals surface area (Å²) >= 11 is 0. The molecular formula is C17H34N2. The molecule has 0 aromatic rings. The molecule has 1 unspecified atom stereocenters. The Balaban J connectivity index is 2.35. The number of nitrogens with zero attached hydrogens (tertiary/aromatic N) is 2. The summed E-state index contributed by atoms with van der Waals surface area (Å²) in [4.78, 5) is 5.17. The summed E-state index contributed by atoms with van der Waals surface area (Å²) in [5, 5.41) is 0. The van der Waals surface area contributed by atoms with E-state index >= 15 is 0 Å². The maximum absolute atomic E-state index is 2.66. The molecule has 19 heavy (non-hydrogen) atoms. The van der Waals surface area contributed by atoms with Crippen molar-refractivity contribution in [1.82, 2.24) is 9.80 Å². The highest BCUT2D eigenvalue weighted by Gasteiger charge is 2.27. The highest BCUT2D eigenvalue weighted by Crippen LogP contribution is 2.27. The summed E-state index contributed by atoms with van der Waals surface area (Å²) in [7, 11) is 0. The van der Waals surface area contributed by atoms with Crippen molar-refractivity contribution in [2.24, 2.45) is 0 Å². The molecule has 0 spiro atoms. The van der Waals surface area contributed by atoms with E-state index in [2.05, 4.69) is 43.7 Å². The molecule has 0 fully saturated rings. The fourth-order valence-corrected chi connectivity index (χ4v) is 3.13. The Labute approximate surface area is 120 Å². The van der Waals surface area contributed by atoms with Gasteiger partial charge in [-0.05, 0) is 26.2 Å². The average molecular weight is 266 g/mol. The van der Waals surface area contributed by atoms with Crippen LogP contribution in [0.4, 0.5) is 0 Å². The van der Waals surface area contributed by atoms with Gasteiger partial charge in [0.25, 0.3) is 0 Å². The molecule has 2 heteroatoms. The van der Waals surface area contributed by atoms with E-state index < -0.39 is 0 Å². The first-order chi connectivity index (χ1) is 9.28. The van der Waals surface area contributed by atoms with Crippen LogP contribution in [0.5, 0.6) is 0 Å². The zero-order valence-corrected chi connectivity index (χ0v) is 13.6. The number of allylic oxidation sites excluding steroid dienone is 1. The minimum Gasteiger partial charge on any atom is -0.356 e. The second kappa shape index (κ2) is 9.28. The standard InChI is InChI=1S/C17H34N2/c1-5-9-10-11-12-13-14-19-16(6-2)15-18(8-4)17(19)7-3/h15,17H,5-14H2,1-4H3. The second-order valence-electron chi connectivity index (χ2n) is 5.65. The minimum absolute atomic E-state index is 0.621. The number of hydrogen-bond donors (Lipinski definition) is 0. The van der Waals surface area contributed by atoms with E-state index in [1.807, 2.05) is 0 Å². The second-order valence-corrected chi connectivity index (χ2v) is 5.65. The molecule has 0 radical (unpaired) electrons. The highest BCUT2D eigenvalue weighted by atomic mass is 15.4. The third-order valence-corrected chi connectivity index (χ3v) is 4.27. The van der Waals surface area contributed by atoms with Crippen LogP contribution in [0.3, 0.4) is 0 Å². The molecular weight excluding hydrogens is 232 g/mol. The molecule has 112 valence electrons. The lowest BCUT2D eigenvalue weighted by molar-refractivity contribution is 0.140. The molecule has 1 aliphatic rings. The molecule has 0 aromatic carbocycles. The van der Waals surface area contributed by atoms with Crippen LogP contribution < -0.4 is 0 Å². The van der Waals surface area contributed by atoms with Gasteiger partial charge in [0.05, 0.1) is 0 Å². The van der Waals surface area contributed by atoms with E-state index in [-0.39, 0.29) is 0 Å². The predicted molar refractivity (Wildman–Crippen MR) is 84.9 cm³/mol. The van der Waals surface area contributed by atoms with Gasteiger partial charge in [0.1, 0.15) is 6.17 Å². The average Bonchev–Trinajstić information content (AvgIpc) is 2.79. The van der Waals surface area contributed by atoms with E-state index in [1.165, 1.54) is 57.9 Å². The van der Waals surface area contributed by atoms with E-state index in [4.69, 9.17) is 0 Å². The Morgan fingerprint density at radius 2 is 1.63 bits per heavy atom. The molecule has 1 atom stereocenters. The van der Waals surface area contributed by atoms with Gasteiger partial charge in [-0.2, -0.15) is 0 Å². The fourth-order valence-electron chi connectivity index (χ4n) is 3.13. The van der Waals surface area contributed by atoms with Crippen molar-refractivity contribution in [3.05, 3.63) is 11.9 Å². The molecule has 0 amide bonds. The van der Waals surface area contributed by atoms with Crippen molar-refractivity contribution in [2.75, 3.05) is 13.1 Å². The number of hydrogen-bond acceptors (Lipinski definition) is 2. The number of unbranched alkanes of at least 4 members (excludes halogenated alkanes) is 5. The monoisotopic (exact) mass is 266 g/mol. The van der Waals surface area contributed by atoms with Crippen LogP contribution in [-0.2, 0) is 0 Å². The van der Waals surface area contributed by atoms with Gasteiger partial charge in [-0.15, -0.1) is 0 Å². The molecule has 1 heterocycles. The minimum atomic E-state index is 0.621. The molecule has 1 rings (SSSR count). The molecule has 0 saturated carbocycles. The van der Waals surface area contributed by atoms with E-state index in [9.17, 15) is 0 Å². The first kappa shape index (κ1) is 16.4. The molecule has 0 aliphatic carbocycles. The Morgan fingerprint density at radius 1 is 0.947 bits per heavy atom. The Bertz CT molecular complexity index is 260. The highest BCUT2D eigenvalue weighted by molar-refractivity contribution is 5.09. The fraction of sp³-hybridized carbons (Fsp3) is 0.882. The summed E-state index contributed by atoms with van der Waals surface area (Å²) in [6, 6.07) is 0. The lowest BCUT2D eigenvalue weighted by Gasteiger charge is -2.33. The summed E-state index contributed by atoms with van der Waals surface area (Å²) < 4.78 is 0. The topological polar surface area (TPSA) is 6.48 Å². The Hall–Kier alpha value is -0.660. The Morgan fingerprint density at radius 3 is 2.21 bits per heavy atom. The molecule has 1 aliphatic heterocycles. The van der Waals surface area contributed by atoms with Gasteiger partial charge < -0.3 is 9.80 Å². The summed E-state index contributed by atoms with van der Waals surface area (Å²) in [5.74, 6) is 0. The molecule has 2 nitrogen and oxygen atoms in total. The van der Waals surface area contributed by atoms with E-state index in [0.717, 1.165) is 6.54 Å². The summed E-state index contributed by atoms with van der Waals surface area (Å²) in [5.41, 5.74) is 1.54.